The minimum absolute atomic E-state index is 0.144. The van der Waals surface area contributed by atoms with E-state index in [1.54, 1.807) is 29.4 Å². The average molecular weight is 374 g/mol. The van der Waals surface area contributed by atoms with Crippen LogP contribution in [0.25, 0.3) is 4.96 Å². The maximum atomic E-state index is 12.5. The van der Waals surface area contributed by atoms with Gasteiger partial charge < -0.3 is 4.90 Å². The van der Waals surface area contributed by atoms with Crippen molar-refractivity contribution in [3.8, 4) is 0 Å². The number of aryl methyl sites for hydroxylation is 2. The number of carbonyl (C=O) groups is 1. The monoisotopic (exact) mass is 373 g/mol. The van der Waals surface area contributed by atoms with Gasteiger partial charge in [0.15, 0.2) is 4.96 Å². The van der Waals surface area contributed by atoms with E-state index in [-0.39, 0.29) is 5.91 Å². The van der Waals surface area contributed by atoms with Gasteiger partial charge in [0.25, 0.3) is 5.91 Å². The first-order chi connectivity index (χ1) is 10.4. The molecule has 3 rings (SSSR count). The molecule has 0 aliphatic heterocycles. The minimum atomic E-state index is -0.144. The number of carbonyl (C=O) groups excluding carboxylic acids is 1. The van der Waals surface area contributed by atoms with Crippen molar-refractivity contribution in [3.05, 3.63) is 42.8 Å². The summed E-state index contributed by atoms with van der Waals surface area (Å²) in [7, 11) is 1.75. The molecule has 0 atom stereocenters. The summed E-state index contributed by atoms with van der Waals surface area (Å²) in [4.78, 5) is 20.8. The van der Waals surface area contributed by atoms with Crippen molar-refractivity contribution in [2.45, 2.75) is 20.4 Å². The third kappa shape index (κ3) is 2.76. The van der Waals surface area contributed by atoms with Crippen molar-refractivity contribution in [2.75, 3.05) is 7.05 Å². The van der Waals surface area contributed by atoms with Gasteiger partial charge in [0.2, 0.25) is 0 Å². The van der Waals surface area contributed by atoms with E-state index in [1.807, 2.05) is 24.4 Å². The van der Waals surface area contributed by atoms with Crippen molar-refractivity contribution in [3.63, 3.8) is 0 Å². The second-order valence-corrected chi connectivity index (χ2v) is 8.54. The number of rotatable bonds is 3. The molecule has 0 bridgehead atoms. The van der Waals surface area contributed by atoms with Crippen molar-refractivity contribution >= 4 is 56.7 Å². The van der Waals surface area contributed by atoms with Crippen LogP contribution >= 0.6 is 45.9 Å². The Morgan fingerprint density at radius 1 is 1.36 bits per heavy atom. The van der Waals surface area contributed by atoms with Crippen molar-refractivity contribution in [1.82, 2.24) is 14.3 Å². The van der Waals surface area contributed by atoms with Gasteiger partial charge in [-0.15, -0.1) is 22.7 Å². The van der Waals surface area contributed by atoms with Gasteiger partial charge in [-0.2, -0.15) is 0 Å². The summed E-state index contributed by atoms with van der Waals surface area (Å²) in [5.74, 6) is -0.144. The molecule has 22 heavy (non-hydrogen) atoms. The van der Waals surface area contributed by atoms with Crippen LogP contribution in [-0.4, -0.2) is 27.2 Å². The average Bonchev–Trinajstić information content (AvgIpc) is 3.04. The molecule has 0 unspecified atom stereocenters. The minimum Gasteiger partial charge on any atom is -0.336 e. The highest BCUT2D eigenvalue weighted by atomic mass is 35.5. The second kappa shape index (κ2) is 5.85. The maximum Gasteiger partial charge on any atom is 0.256 e. The standard InChI is InChI=1S/C14H13Cl2N3OS2/c1-7-5-19-10(8(2)17-14(19)21-7)6-18(3)13(20)9-4-11(15)22-12(9)16/h4-5H,6H2,1-3H3. The number of thiazole rings is 1. The largest absolute Gasteiger partial charge is 0.336 e. The normalized spacial score (nSPS) is 11.3. The quantitative estimate of drug-likeness (QED) is 0.669. The molecule has 0 N–H and O–H groups in total. The van der Waals surface area contributed by atoms with Crippen LogP contribution in [0.2, 0.25) is 8.67 Å². The second-order valence-electron chi connectivity index (χ2n) is 5.04. The molecule has 4 nitrogen and oxygen atoms in total. The molecule has 0 aromatic carbocycles. The number of aromatic nitrogens is 2. The molecule has 0 saturated heterocycles. The summed E-state index contributed by atoms with van der Waals surface area (Å²) >= 11 is 14.8. The van der Waals surface area contributed by atoms with E-state index in [9.17, 15) is 4.79 Å². The lowest BCUT2D eigenvalue weighted by Crippen LogP contribution is -2.27. The number of imidazole rings is 1. The number of fused-ring (bicyclic) bond motifs is 1. The zero-order valence-corrected chi connectivity index (χ0v) is 15.3. The van der Waals surface area contributed by atoms with E-state index in [2.05, 4.69) is 4.98 Å². The molecule has 8 heteroatoms. The van der Waals surface area contributed by atoms with E-state index in [1.165, 1.54) is 16.2 Å². The Balaban J connectivity index is 1.89. The Hall–Kier alpha value is -1.08. The Labute approximate surface area is 145 Å². The van der Waals surface area contributed by atoms with Gasteiger partial charge in [0.05, 0.1) is 27.8 Å². The summed E-state index contributed by atoms with van der Waals surface area (Å²) in [6, 6.07) is 1.61. The van der Waals surface area contributed by atoms with Gasteiger partial charge >= 0.3 is 0 Å². The molecule has 0 saturated carbocycles. The van der Waals surface area contributed by atoms with Gasteiger partial charge in [-0.05, 0) is 19.9 Å². The number of thiophene rings is 1. The molecular formula is C14H13Cl2N3OS2. The molecule has 3 aromatic heterocycles. The Kier molecular flexibility index (Phi) is 4.20. The van der Waals surface area contributed by atoms with Gasteiger partial charge in [0.1, 0.15) is 4.34 Å². The summed E-state index contributed by atoms with van der Waals surface area (Å²) in [5.41, 5.74) is 2.38. The molecule has 116 valence electrons. The fourth-order valence-corrected chi connectivity index (χ4v) is 4.63. The molecule has 3 aromatic rings. The Morgan fingerprint density at radius 2 is 2.09 bits per heavy atom. The fourth-order valence-electron chi connectivity index (χ4n) is 2.29. The zero-order valence-electron chi connectivity index (χ0n) is 12.2. The molecule has 0 aliphatic rings. The molecule has 0 fully saturated rings. The fraction of sp³-hybridized carbons (Fsp3) is 0.286. The summed E-state index contributed by atoms with van der Waals surface area (Å²) in [6.45, 7) is 4.46. The SMILES string of the molecule is Cc1cn2c(CN(C)C(=O)c3cc(Cl)sc3Cl)c(C)nc2s1. The van der Waals surface area contributed by atoms with Gasteiger partial charge in [0, 0.05) is 18.1 Å². The predicted octanol–water partition coefficient (Wildman–Crippen LogP) is 4.65. The highest BCUT2D eigenvalue weighted by Gasteiger charge is 2.20. The van der Waals surface area contributed by atoms with E-state index >= 15 is 0 Å². The zero-order chi connectivity index (χ0) is 16.0. The van der Waals surface area contributed by atoms with Crippen LogP contribution in [0.1, 0.15) is 26.6 Å². The Morgan fingerprint density at radius 3 is 2.73 bits per heavy atom. The summed E-state index contributed by atoms with van der Waals surface area (Å²) < 4.78 is 2.97. The van der Waals surface area contributed by atoms with Crippen LogP contribution in [0.5, 0.6) is 0 Å². The van der Waals surface area contributed by atoms with Crippen molar-refractivity contribution < 1.29 is 4.79 Å². The van der Waals surface area contributed by atoms with E-state index in [4.69, 9.17) is 23.2 Å². The third-order valence-electron chi connectivity index (χ3n) is 3.36. The highest BCUT2D eigenvalue weighted by Crippen LogP contribution is 2.32. The van der Waals surface area contributed by atoms with E-state index in [0.29, 0.717) is 20.8 Å². The lowest BCUT2D eigenvalue weighted by Gasteiger charge is -2.16. The summed E-state index contributed by atoms with van der Waals surface area (Å²) in [6.07, 6.45) is 2.04. The number of amides is 1. The molecule has 3 heterocycles. The first-order valence-electron chi connectivity index (χ1n) is 6.51. The van der Waals surface area contributed by atoms with Crippen molar-refractivity contribution in [1.29, 1.82) is 0 Å². The summed E-state index contributed by atoms with van der Waals surface area (Å²) in [5, 5.41) is 0. The number of hydrogen-bond donors (Lipinski definition) is 0. The molecule has 0 radical (unpaired) electrons. The van der Waals surface area contributed by atoms with Crippen molar-refractivity contribution in [2.24, 2.45) is 0 Å². The lowest BCUT2D eigenvalue weighted by atomic mass is 10.2. The topological polar surface area (TPSA) is 37.6 Å². The van der Waals surface area contributed by atoms with Gasteiger partial charge in [-0.25, -0.2) is 4.98 Å². The molecular weight excluding hydrogens is 361 g/mol. The van der Waals surface area contributed by atoms with Crippen LogP contribution in [0.4, 0.5) is 0 Å². The maximum absolute atomic E-state index is 12.5. The first-order valence-corrected chi connectivity index (χ1v) is 8.90. The Bertz CT molecular complexity index is 865. The van der Waals surface area contributed by atoms with Crippen LogP contribution in [-0.2, 0) is 6.54 Å². The van der Waals surface area contributed by atoms with E-state index < -0.39 is 0 Å². The first kappa shape index (κ1) is 15.8. The van der Waals surface area contributed by atoms with Crippen LogP contribution in [0, 0.1) is 13.8 Å². The smallest absolute Gasteiger partial charge is 0.256 e. The number of halogens is 2. The van der Waals surface area contributed by atoms with Crippen LogP contribution in [0.3, 0.4) is 0 Å². The van der Waals surface area contributed by atoms with E-state index in [0.717, 1.165) is 16.3 Å². The molecule has 1 amide bonds. The third-order valence-corrected chi connectivity index (χ3v) is 5.75. The lowest BCUT2D eigenvalue weighted by molar-refractivity contribution is 0.0783. The van der Waals surface area contributed by atoms with Crippen LogP contribution < -0.4 is 0 Å². The van der Waals surface area contributed by atoms with Gasteiger partial charge in [-0.1, -0.05) is 23.2 Å². The molecule has 0 spiro atoms. The van der Waals surface area contributed by atoms with Crippen LogP contribution in [0.15, 0.2) is 12.3 Å². The number of nitrogens with zero attached hydrogens (tertiary/aromatic N) is 3. The van der Waals surface area contributed by atoms with Gasteiger partial charge in [-0.3, -0.25) is 9.20 Å². The predicted molar refractivity (Wildman–Crippen MR) is 92.7 cm³/mol. The number of hydrogen-bond acceptors (Lipinski definition) is 4. The molecule has 0 aliphatic carbocycles. The highest BCUT2D eigenvalue weighted by molar-refractivity contribution is 7.20.